The maximum absolute atomic E-state index is 9.43. The Balaban J connectivity index is 2.82. The predicted octanol–water partition coefficient (Wildman–Crippen LogP) is 2.89. The molecule has 0 aromatic heterocycles. The van der Waals surface area contributed by atoms with E-state index in [2.05, 4.69) is 27.7 Å². The van der Waals surface area contributed by atoms with Gasteiger partial charge in [0.2, 0.25) is 0 Å². The van der Waals surface area contributed by atoms with E-state index in [4.69, 9.17) is 9.31 Å². The van der Waals surface area contributed by atoms with Gasteiger partial charge in [0.15, 0.2) is 0 Å². The van der Waals surface area contributed by atoms with E-state index < -0.39 is 23.6 Å². The second-order valence-corrected chi connectivity index (χ2v) is 8.54. The molecule has 0 radical (unpaired) electrons. The van der Waals surface area contributed by atoms with Gasteiger partial charge in [-0.2, -0.15) is 0 Å². The molecule has 0 spiro atoms. The van der Waals surface area contributed by atoms with Crippen LogP contribution in [0.4, 0.5) is 0 Å². The van der Waals surface area contributed by atoms with E-state index in [1.807, 2.05) is 27.7 Å². The van der Waals surface area contributed by atoms with Gasteiger partial charge in [-0.05, 0) is 44.2 Å². The third-order valence-corrected chi connectivity index (χ3v) is 4.69. The molecule has 0 amide bonds. The lowest BCUT2D eigenvalue weighted by molar-refractivity contribution is -0.0191. The van der Waals surface area contributed by atoms with Gasteiger partial charge >= 0.3 is 14.2 Å². The second-order valence-electron chi connectivity index (χ2n) is 8.54. The van der Waals surface area contributed by atoms with E-state index in [0.29, 0.717) is 6.42 Å². The monoisotopic (exact) mass is 284 g/mol. The molecule has 0 aliphatic carbocycles. The lowest BCUT2D eigenvalue weighted by atomic mass is 9.57. The van der Waals surface area contributed by atoms with Crippen LogP contribution in [0.2, 0.25) is 10.6 Å². The maximum atomic E-state index is 9.43. The number of rotatable bonds is 4. The molecule has 20 heavy (non-hydrogen) atoms. The molecule has 1 aliphatic heterocycles. The summed E-state index contributed by atoms with van der Waals surface area (Å²) in [5.74, 6) is 0. The fourth-order valence-electron chi connectivity index (χ4n) is 2.20. The minimum absolute atomic E-state index is 0.0823. The van der Waals surface area contributed by atoms with E-state index >= 15 is 0 Å². The van der Waals surface area contributed by atoms with E-state index in [1.165, 1.54) is 0 Å². The smallest absolute Gasteiger partial charge is 0.427 e. The Morgan fingerprint density at radius 3 is 1.85 bits per heavy atom. The predicted molar refractivity (Wildman–Crippen MR) is 83.6 cm³/mol. The number of hydrogen-bond acceptors (Lipinski definition) is 4. The van der Waals surface area contributed by atoms with Gasteiger partial charge in [0.25, 0.3) is 0 Å². The van der Waals surface area contributed by atoms with Crippen LogP contribution in [0.25, 0.3) is 0 Å². The van der Waals surface area contributed by atoms with Crippen molar-refractivity contribution in [3.8, 4) is 0 Å². The van der Waals surface area contributed by atoms with Gasteiger partial charge in [0, 0.05) is 0 Å². The molecule has 0 aromatic carbocycles. The van der Waals surface area contributed by atoms with Gasteiger partial charge in [-0.15, -0.1) is 0 Å². The zero-order valence-corrected chi connectivity index (χ0v) is 14.3. The molecule has 1 atom stereocenters. The second kappa shape index (κ2) is 5.31. The third-order valence-electron chi connectivity index (χ3n) is 4.69. The lowest BCUT2D eigenvalue weighted by Crippen LogP contribution is -2.45. The maximum Gasteiger partial charge on any atom is 0.463 e. The molecule has 2 N–H and O–H groups in total. The van der Waals surface area contributed by atoms with Crippen molar-refractivity contribution in [2.75, 3.05) is 0 Å². The number of hydrogen-bond donors (Lipinski definition) is 2. The highest BCUT2D eigenvalue weighted by Crippen LogP contribution is 2.48. The van der Waals surface area contributed by atoms with Gasteiger partial charge in [0.1, 0.15) is 0 Å². The molecule has 0 bridgehead atoms. The highest BCUT2D eigenvalue weighted by atomic mass is 16.7. The van der Waals surface area contributed by atoms with Crippen LogP contribution in [-0.4, -0.2) is 35.5 Å². The molecule has 1 fully saturated rings. The first-order valence-electron chi connectivity index (χ1n) is 7.43. The first-order valence-corrected chi connectivity index (χ1v) is 7.43. The molecular formula is C14H30B2O4. The van der Waals surface area contributed by atoms with Crippen molar-refractivity contribution in [1.29, 1.82) is 0 Å². The summed E-state index contributed by atoms with van der Waals surface area (Å²) >= 11 is 0. The van der Waals surface area contributed by atoms with Crippen molar-refractivity contribution in [3.05, 3.63) is 0 Å². The Morgan fingerprint density at radius 2 is 1.50 bits per heavy atom. The van der Waals surface area contributed by atoms with Crippen LogP contribution < -0.4 is 0 Å². The first-order chi connectivity index (χ1) is 8.71. The third kappa shape index (κ3) is 3.59. The summed E-state index contributed by atoms with van der Waals surface area (Å²) in [6.07, 6.45) is 1.38. The molecule has 4 nitrogen and oxygen atoms in total. The highest BCUT2D eigenvalue weighted by molar-refractivity contribution is 6.49. The minimum Gasteiger partial charge on any atom is -0.427 e. The summed E-state index contributed by atoms with van der Waals surface area (Å²) in [5, 5.41) is 18.2. The van der Waals surface area contributed by atoms with Gasteiger partial charge in [-0.3, -0.25) is 0 Å². The molecule has 0 saturated carbocycles. The topological polar surface area (TPSA) is 58.9 Å². The molecule has 1 rings (SSSR count). The standard InChI is InChI=1S/C14H30B2O4/c1-11(2,3)16-19-13(6,7)14(8,20-16)10-9-12(4,5)15(17)18/h17-18H,9-10H2,1-8H3. The Bertz CT molecular complexity index is 350. The zero-order chi connectivity index (χ0) is 16.0. The molecular weight excluding hydrogens is 254 g/mol. The average Bonchev–Trinajstić information content (AvgIpc) is 2.47. The molecule has 1 unspecified atom stereocenters. The van der Waals surface area contributed by atoms with Gasteiger partial charge < -0.3 is 19.4 Å². The molecule has 1 saturated heterocycles. The molecule has 116 valence electrons. The first kappa shape index (κ1) is 18.0. The minimum atomic E-state index is -1.32. The lowest BCUT2D eigenvalue weighted by Gasteiger charge is -2.38. The van der Waals surface area contributed by atoms with E-state index in [-0.39, 0.29) is 12.4 Å². The van der Waals surface area contributed by atoms with Crippen LogP contribution in [0.15, 0.2) is 0 Å². The molecule has 6 heteroatoms. The highest BCUT2D eigenvalue weighted by Gasteiger charge is 2.57. The van der Waals surface area contributed by atoms with Crippen LogP contribution in [0.1, 0.15) is 68.2 Å². The van der Waals surface area contributed by atoms with Crippen molar-refractivity contribution in [1.82, 2.24) is 0 Å². The van der Waals surface area contributed by atoms with Crippen molar-refractivity contribution in [2.45, 2.75) is 90.1 Å². The Kier molecular flexibility index (Phi) is 4.78. The van der Waals surface area contributed by atoms with Crippen molar-refractivity contribution in [3.63, 3.8) is 0 Å². The quantitative estimate of drug-likeness (QED) is 0.779. The van der Waals surface area contributed by atoms with E-state index in [9.17, 15) is 10.0 Å². The van der Waals surface area contributed by atoms with Crippen molar-refractivity contribution in [2.24, 2.45) is 0 Å². The average molecular weight is 284 g/mol. The zero-order valence-electron chi connectivity index (χ0n) is 14.3. The van der Waals surface area contributed by atoms with Crippen molar-refractivity contribution >= 4 is 14.2 Å². The van der Waals surface area contributed by atoms with Crippen LogP contribution in [0.5, 0.6) is 0 Å². The summed E-state index contributed by atoms with van der Waals surface area (Å²) in [7, 11) is -1.57. The Labute approximate surface area is 124 Å². The van der Waals surface area contributed by atoms with Gasteiger partial charge in [-0.25, -0.2) is 0 Å². The Hall–Kier alpha value is -0.0301. The fraction of sp³-hybridized carbons (Fsp3) is 1.00. The van der Waals surface area contributed by atoms with Crippen LogP contribution >= 0.6 is 0 Å². The summed E-state index contributed by atoms with van der Waals surface area (Å²) < 4.78 is 12.3. The fourth-order valence-corrected chi connectivity index (χ4v) is 2.20. The van der Waals surface area contributed by atoms with E-state index in [1.54, 1.807) is 0 Å². The summed E-state index contributed by atoms with van der Waals surface area (Å²) in [5.41, 5.74) is -0.835. The SMILES string of the molecule is CC(C)(C)B1OC(C)(C)C(C)(CCC(C)(C)B(O)O)O1. The summed E-state index contributed by atoms with van der Waals surface area (Å²) in [6, 6.07) is 0. The summed E-state index contributed by atoms with van der Waals surface area (Å²) in [6.45, 7) is 16.1. The van der Waals surface area contributed by atoms with Crippen LogP contribution in [-0.2, 0) is 9.31 Å². The van der Waals surface area contributed by atoms with Gasteiger partial charge in [0.05, 0.1) is 11.2 Å². The molecule has 1 aliphatic rings. The van der Waals surface area contributed by atoms with Crippen molar-refractivity contribution < 1.29 is 19.4 Å². The Morgan fingerprint density at radius 1 is 1.00 bits per heavy atom. The normalized spacial score (nSPS) is 27.0. The van der Waals surface area contributed by atoms with E-state index in [0.717, 1.165) is 6.42 Å². The van der Waals surface area contributed by atoms with Gasteiger partial charge in [-0.1, -0.05) is 34.6 Å². The summed E-state index contributed by atoms with van der Waals surface area (Å²) in [4.78, 5) is 0. The molecule has 0 aromatic rings. The molecule has 1 heterocycles. The largest absolute Gasteiger partial charge is 0.463 e. The van der Waals surface area contributed by atoms with Crippen LogP contribution in [0.3, 0.4) is 0 Å². The van der Waals surface area contributed by atoms with Crippen LogP contribution in [0, 0.1) is 0 Å².